The van der Waals surface area contributed by atoms with Crippen molar-refractivity contribution >= 4 is 21.7 Å². The molecule has 0 saturated carbocycles. The molecule has 112 valence electrons. The van der Waals surface area contributed by atoms with E-state index >= 15 is 0 Å². The van der Waals surface area contributed by atoms with Gasteiger partial charge in [0, 0.05) is 18.5 Å². The zero-order valence-electron chi connectivity index (χ0n) is 11.5. The highest BCUT2D eigenvalue weighted by atomic mass is 32.2. The molecule has 0 bridgehead atoms. The molecule has 0 aliphatic rings. The Kier molecular flexibility index (Phi) is 6.09. The SMILES string of the molecule is C#CCNC(=O)CCNS(=O)(=O)c1cccc(C(C)=O)c1. The normalized spacial score (nSPS) is 10.7. The molecule has 0 unspecified atom stereocenters. The van der Waals surface area contributed by atoms with E-state index in [0.717, 1.165) is 0 Å². The highest BCUT2D eigenvalue weighted by Crippen LogP contribution is 2.11. The number of amides is 1. The van der Waals surface area contributed by atoms with Crippen molar-refractivity contribution in [3.05, 3.63) is 29.8 Å². The van der Waals surface area contributed by atoms with Crippen LogP contribution in [0.5, 0.6) is 0 Å². The Morgan fingerprint density at radius 3 is 2.67 bits per heavy atom. The third-order valence-electron chi connectivity index (χ3n) is 2.58. The Bertz CT molecular complexity index is 674. The number of carbonyl (C=O) groups excluding carboxylic acids is 2. The fourth-order valence-corrected chi connectivity index (χ4v) is 2.58. The van der Waals surface area contributed by atoms with Crippen LogP contribution >= 0.6 is 0 Å². The molecular formula is C14H16N2O4S. The molecule has 0 spiro atoms. The second kappa shape index (κ2) is 7.57. The maximum Gasteiger partial charge on any atom is 0.240 e. The van der Waals surface area contributed by atoms with Gasteiger partial charge in [-0.15, -0.1) is 6.42 Å². The van der Waals surface area contributed by atoms with Gasteiger partial charge in [0.25, 0.3) is 0 Å². The van der Waals surface area contributed by atoms with Gasteiger partial charge in [-0.25, -0.2) is 13.1 Å². The first kappa shape index (κ1) is 16.9. The van der Waals surface area contributed by atoms with Crippen molar-refractivity contribution in [3.8, 4) is 12.3 Å². The van der Waals surface area contributed by atoms with Crippen molar-refractivity contribution in [2.45, 2.75) is 18.2 Å². The Labute approximate surface area is 124 Å². The van der Waals surface area contributed by atoms with Crippen LogP contribution < -0.4 is 10.0 Å². The molecule has 6 nitrogen and oxygen atoms in total. The second-order valence-electron chi connectivity index (χ2n) is 4.21. The zero-order valence-corrected chi connectivity index (χ0v) is 12.4. The van der Waals surface area contributed by atoms with Gasteiger partial charge in [0.05, 0.1) is 11.4 Å². The molecule has 0 heterocycles. The lowest BCUT2D eigenvalue weighted by Gasteiger charge is -2.07. The number of nitrogens with one attached hydrogen (secondary N) is 2. The number of sulfonamides is 1. The summed E-state index contributed by atoms with van der Waals surface area (Å²) in [6, 6.07) is 5.70. The number of carbonyl (C=O) groups is 2. The first-order valence-corrected chi connectivity index (χ1v) is 7.66. The topological polar surface area (TPSA) is 92.3 Å². The third-order valence-corrected chi connectivity index (χ3v) is 4.04. The van der Waals surface area contributed by atoms with Gasteiger partial charge in [0.2, 0.25) is 15.9 Å². The molecule has 0 fully saturated rings. The average molecular weight is 308 g/mol. The molecule has 0 aromatic heterocycles. The predicted octanol–water partition coefficient (Wildman–Crippen LogP) is 0.307. The molecule has 1 rings (SSSR count). The summed E-state index contributed by atoms with van der Waals surface area (Å²) < 4.78 is 26.3. The summed E-state index contributed by atoms with van der Waals surface area (Å²) in [5, 5.41) is 2.43. The summed E-state index contributed by atoms with van der Waals surface area (Å²) in [6.07, 6.45) is 4.96. The van der Waals surface area contributed by atoms with Crippen LogP contribution in [0.3, 0.4) is 0 Å². The van der Waals surface area contributed by atoms with Gasteiger partial charge < -0.3 is 5.32 Å². The van der Waals surface area contributed by atoms with Gasteiger partial charge in [-0.1, -0.05) is 18.1 Å². The van der Waals surface area contributed by atoms with Crippen molar-refractivity contribution in [2.75, 3.05) is 13.1 Å². The van der Waals surface area contributed by atoms with E-state index in [1.807, 2.05) is 0 Å². The minimum absolute atomic E-state index is 0.0146. The monoisotopic (exact) mass is 308 g/mol. The van der Waals surface area contributed by atoms with Crippen LogP contribution in [-0.4, -0.2) is 33.2 Å². The van der Waals surface area contributed by atoms with Crippen LogP contribution in [0, 0.1) is 12.3 Å². The van der Waals surface area contributed by atoms with Gasteiger partial charge in [-0.2, -0.15) is 0 Å². The molecule has 0 saturated heterocycles. The number of ketones is 1. The Morgan fingerprint density at radius 1 is 1.33 bits per heavy atom. The van der Waals surface area contributed by atoms with Crippen LogP contribution in [0.1, 0.15) is 23.7 Å². The number of terminal acetylenes is 1. The van der Waals surface area contributed by atoms with E-state index in [0.29, 0.717) is 5.56 Å². The highest BCUT2D eigenvalue weighted by Gasteiger charge is 2.15. The smallest absolute Gasteiger partial charge is 0.240 e. The number of hydrogen-bond acceptors (Lipinski definition) is 4. The van der Waals surface area contributed by atoms with Crippen molar-refractivity contribution in [1.82, 2.24) is 10.0 Å². The zero-order chi connectivity index (χ0) is 15.9. The molecule has 21 heavy (non-hydrogen) atoms. The summed E-state index contributed by atoms with van der Waals surface area (Å²) in [4.78, 5) is 22.5. The summed E-state index contributed by atoms with van der Waals surface area (Å²) >= 11 is 0. The number of Topliss-reactive ketones (excluding diaryl/α,β-unsaturated/α-hetero) is 1. The van der Waals surface area contributed by atoms with E-state index in [9.17, 15) is 18.0 Å². The molecule has 1 aromatic carbocycles. The van der Waals surface area contributed by atoms with Crippen LogP contribution in [0.2, 0.25) is 0 Å². The van der Waals surface area contributed by atoms with E-state index < -0.39 is 10.0 Å². The fourth-order valence-electron chi connectivity index (χ4n) is 1.50. The van der Waals surface area contributed by atoms with Gasteiger partial charge in [-0.3, -0.25) is 9.59 Å². The lowest BCUT2D eigenvalue weighted by molar-refractivity contribution is -0.120. The second-order valence-corrected chi connectivity index (χ2v) is 5.98. The standard InChI is InChI=1S/C14H16N2O4S/c1-3-8-15-14(18)7-9-16-21(19,20)13-6-4-5-12(10-13)11(2)17/h1,4-6,10,16H,7-9H2,2H3,(H,15,18). The predicted molar refractivity (Wildman–Crippen MR) is 78.1 cm³/mol. The van der Waals surface area contributed by atoms with Gasteiger partial charge in [-0.05, 0) is 19.1 Å². The summed E-state index contributed by atoms with van der Waals surface area (Å²) in [6.45, 7) is 1.41. The van der Waals surface area contributed by atoms with E-state index in [1.165, 1.54) is 31.2 Å². The first-order chi connectivity index (χ1) is 9.86. The van der Waals surface area contributed by atoms with Crippen LogP contribution in [-0.2, 0) is 14.8 Å². The van der Waals surface area contributed by atoms with Crippen LogP contribution in [0.15, 0.2) is 29.2 Å². The maximum atomic E-state index is 12.0. The number of hydrogen-bond donors (Lipinski definition) is 2. The summed E-state index contributed by atoms with van der Waals surface area (Å²) in [7, 11) is -3.76. The summed E-state index contributed by atoms with van der Waals surface area (Å²) in [5.41, 5.74) is 0.310. The largest absolute Gasteiger partial charge is 0.345 e. The van der Waals surface area contributed by atoms with Gasteiger partial charge >= 0.3 is 0 Å². The molecule has 0 atom stereocenters. The van der Waals surface area contributed by atoms with Gasteiger partial charge in [0.1, 0.15) is 0 Å². The Hall–Kier alpha value is -2.17. The van der Waals surface area contributed by atoms with Gasteiger partial charge in [0.15, 0.2) is 5.78 Å². The van der Waals surface area contributed by atoms with Crippen molar-refractivity contribution in [3.63, 3.8) is 0 Å². The molecule has 1 amide bonds. The minimum atomic E-state index is -3.76. The van der Waals surface area contributed by atoms with Crippen LogP contribution in [0.4, 0.5) is 0 Å². The van der Waals surface area contributed by atoms with Crippen LogP contribution in [0.25, 0.3) is 0 Å². The molecule has 0 aliphatic heterocycles. The summed E-state index contributed by atoms with van der Waals surface area (Å²) in [5.74, 6) is 1.68. The first-order valence-electron chi connectivity index (χ1n) is 6.17. The molecular weight excluding hydrogens is 292 g/mol. The molecule has 0 aliphatic carbocycles. The highest BCUT2D eigenvalue weighted by molar-refractivity contribution is 7.89. The lowest BCUT2D eigenvalue weighted by Crippen LogP contribution is -2.31. The molecule has 7 heteroatoms. The molecule has 0 radical (unpaired) electrons. The maximum absolute atomic E-state index is 12.0. The van der Waals surface area contributed by atoms with Crippen molar-refractivity contribution < 1.29 is 18.0 Å². The Morgan fingerprint density at radius 2 is 2.05 bits per heavy atom. The average Bonchev–Trinajstić information content (AvgIpc) is 2.45. The third kappa shape index (κ3) is 5.38. The van der Waals surface area contributed by atoms with E-state index in [1.54, 1.807) is 0 Å². The minimum Gasteiger partial charge on any atom is -0.345 e. The molecule has 1 aromatic rings. The van der Waals surface area contributed by atoms with E-state index in [-0.39, 0.29) is 36.1 Å². The van der Waals surface area contributed by atoms with Crippen molar-refractivity contribution in [2.24, 2.45) is 0 Å². The molecule has 2 N–H and O–H groups in total. The number of benzene rings is 1. The van der Waals surface area contributed by atoms with Crippen molar-refractivity contribution in [1.29, 1.82) is 0 Å². The Balaban J connectivity index is 2.66. The van der Waals surface area contributed by atoms with E-state index in [2.05, 4.69) is 16.0 Å². The number of rotatable bonds is 7. The quantitative estimate of drug-likeness (QED) is 0.560. The fraction of sp³-hybridized carbons (Fsp3) is 0.286. The van der Waals surface area contributed by atoms with E-state index in [4.69, 9.17) is 6.42 Å². The lowest BCUT2D eigenvalue weighted by atomic mass is 10.2.